The lowest BCUT2D eigenvalue weighted by Gasteiger charge is -2.20. The molecule has 3 nitrogen and oxygen atoms in total. The Labute approximate surface area is 132 Å². The highest BCUT2D eigenvalue weighted by molar-refractivity contribution is 5.96. The number of amides is 1. The van der Waals surface area contributed by atoms with Gasteiger partial charge in [-0.25, -0.2) is 0 Å². The van der Waals surface area contributed by atoms with Gasteiger partial charge in [-0.15, -0.1) is 0 Å². The maximum Gasteiger partial charge on any atom is 0.220 e. The van der Waals surface area contributed by atoms with Crippen LogP contribution in [0.5, 0.6) is 0 Å². The Morgan fingerprint density at radius 2 is 1.82 bits per heavy atom. The summed E-state index contributed by atoms with van der Waals surface area (Å²) in [5.74, 6) is 1.82. The molecular formula is C19H25NO2. The van der Waals surface area contributed by atoms with E-state index >= 15 is 0 Å². The van der Waals surface area contributed by atoms with Crippen LogP contribution < -0.4 is 5.32 Å². The molecular weight excluding hydrogens is 274 g/mol. The Balaban J connectivity index is 1.39. The molecule has 2 aliphatic carbocycles. The lowest BCUT2D eigenvalue weighted by atomic mass is 9.97. The molecule has 2 saturated carbocycles. The fraction of sp³-hybridized carbons (Fsp3) is 0.579. The van der Waals surface area contributed by atoms with Gasteiger partial charge in [0.2, 0.25) is 5.91 Å². The average molecular weight is 299 g/mol. The van der Waals surface area contributed by atoms with Crippen molar-refractivity contribution in [1.82, 2.24) is 5.32 Å². The number of carbonyl (C=O) groups is 2. The van der Waals surface area contributed by atoms with E-state index in [1.54, 1.807) is 0 Å². The van der Waals surface area contributed by atoms with Crippen LogP contribution in [-0.4, -0.2) is 17.7 Å². The van der Waals surface area contributed by atoms with Gasteiger partial charge in [-0.2, -0.15) is 0 Å². The van der Waals surface area contributed by atoms with Crippen molar-refractivity contribution in [3.05, 3.63) is 35.9 Å². The summed E-state index contributed by atoms with van der Waals surface area (Å²) in [4.78, 5) is 24.1. The monoisotopic (exact) mass is 299 g/mol. The van der Waals surface area contributed by atoms with Gasteiger partial charge in [0, 0.05) is 24.4 Å². The quantitative estimate of drug-likeness (QED) is 0.813. The third kappa shape index (κ3) is 3.57. The molecule has 2 fully saturated rings. The standard InChI is InChI=1S/C19H25NO2/c21-18(15-6-2-1-3-7-15)10-5-11-19(22)20-17-13-12-14-8-4-9-16(14)17/h1-3,6-7,14,16-17H,4-5,8-13H2,(H,20,22)/t14-,16-,17-/m0/s1. The van der Waals surface area contributed by atoms with Crippen LogP contribution in [0.15, 0.2) is 30.3 Å². The first-order valence-electron chi connectivity index (χ1n) is 8.61. The van der Waals surface area contributed by atoms with Crippen LogP contribution in [0.25, 0.3) is 0 Å². The number of nitrogens with one attached hydrogen (secondary N) is 1. The third-order valence-corrected chi connectivity index (χ3v) is 5.33. The molecule has 1 N–H and O–H groups in total. The van der Waals surface area contributed by atoms with Crippen LogP contribution in [0.1, 0.15) is 61.7 Å². The maximum atomic E-state index is 12.1. The zero-order valence-electron chi connectivity index (χ0n) is 13.1. The van der Waals surface area contributed by atoms with Crippen molar-refractivity contribution in [2.45, 2.75) is 57.4 Å². The normalized spacial score (nSPS) is 26.6. The average Bonchev–Trinajstić information content (AvgIpc) is 3.13. The smallest absolute Gasteiger partial charge is 0.220 e. The van der Waals surface area contributed by atoms with Gasteiger partial charge >= 0.3 is 0 Å². The van der Waals surface area contributed by atoms with E-state index in [0.717, 1.165) is 23.8 Å². The molecule has 0 aliphatic heterocycles. The summed E-state index contributed by atoms with van der Waals surface area (Å²) < 4.78 is 0. The van der Waals surface area contributed by atoms with Crippen molar-refractivity contribution >= 4 is 11.7 Å². The van der Waals surface area contributed by atoms with Gasteiger partial charge in [-0.05, 0) is 37.5 Å². The summed E-state index contributed by atoms with van der Waals surface area (Å²) in [6.07, 6.45) is 7.94. The second-order valence-corrected chi connectivity index (χ2v) is 6.75. The highest BCUT2D eigenvalue weighted by Gasteiger charge is 2.39. The Kier molecular flexibility index (Phi) is 4.91. The van der Waals surface area contributed by atoms with Crippen LogP contribution in [0.2, 0.25) is 0 Å². The molecule has 0 spiro atoms. The van der Waals surface area contributed by atoms with Gasteiger partial charge in [-0.1, -0.05) is 43.2 Å². The van der Waals surface area contributed by atoms with Crippen LogP contribution in [0.3, 0.4) is 0 Å². The largest absolute Gasteiger partial charge is 0.353 e. The van der Waals surface area contributed by atoms with Gasteiger partial charge in [0.05, 0.1) is 0 Å². The van der Waals surface area contributed by atoms with Gasteiger partial charge in [0.1, 0.15) is 0 Å². The summed E-state index contributed by atoms with van der Waals surface area (Å²) in [7, 11) is 0. The summed E-state index contributed by atoms with van der Waals surface area (Å²) in [5, 5.41) is 3.21. The van der Waals surface area contributed by atoms with E-state index in [9.17, 15) is 9.59 Å². The minimum Gasteiger partial charge on any atom is -0.353 e. The number of fused-ring (bicyclic) bond motifs is 1. The van der Waals surface area contributed by atoms with Gasteiger partial charge in [0.25, 0.3) is 0 Å². The van der Waals surface area contributed by atoms with Crippen LogP contribution in [0.4, 0.5) is 0 Å². The molecule has 0 bridgehead atoms. The third-order valence-electron chi connectivity index (χ3n) is 5.33. The maximum absolute atomic E-state index is 12.1. The molecule has 3 heteroatoms. The fourth-order valence-electron chi connectivity index (χ4n) is 4.20. The number of benzene rings is 1. The fourth-order valence-corrected chi connectivity index (χ4v) is 4.20. The summed E-state index contributed by atoms with van der Waals surface area (Å²) in [5.41, 5.74) is 0.743. The van der Waals surface area contributed by atoms with Crippen molar-refractivity contribution in [3.63, 3.8) is 0 Å². The Hall–Kier alpha value is -1.64. The van der Waals surface area contributed by atoms with Gasteiger partial charge in [-0.3, -0.25) is 9.59 Å². The number of carbonyl (C=O) groups excluding carboxylic acids is 2. The van der Waals surface area contributed by atoms with Crippen molar-refractivity contribution < 1.29 is 9.59 Å². The van der Waals surface area contributed by atoms with Gasteiger partial charge < -0.3 is 5.32 Å². The molecule has 2 aliphatic rings. The topological polar surface area (TPSA) is 46.2 Å². The second-order valence-electron chi connectivity index (χ2n) is 6.75. The molecule has 0 unspecified atom stereocenters. The Morgan fingerprint density at radius 3 is 2.64 bits per heavy atom. The van der Waals surface area contributed by atoms with Crippen LogP contribution >= 0.6 is 0 Å². The van der Waals surface area contributed by atoms with E-state index in [4.69, 9.17) is 0 Å². The van der Waals surface area contributed by atoms with E-state index in [-0.39, 0.29) is 11.7 Å². The van der Waals surface area contributed by atoms with Crippen LogP contribution in [-0.2, 0) is 4.79 Å². The minimum absolute atomic E-state index is 0.124. The van der Waals surface area contributed by atoms with E-state index < -0.39 is 0 Å². The predicted octanol–water partition coefficient (Wildman–Crippen LogP) is 3.73. The van der Waals surface area contributed by atoms with E-state index in [0.29, 0.717) is 25.3 Å². The van der Waals surface area contributed by atoms with E-state index in [1.165, 1.54) is 25.7 Å². The molecule has 0 heterocycles. The molecule has 3 atom stereocenters. The van der Waals surface area contributed by atoms with E-state index in [1.807, 2.05) is 30.3 Å². The Bertz CT molecular complexity index is 525. The SMILES string of the molecule is O=C(CCCC(=O)c1ccccc1)N[C@H]1CC[C@@H]2CCC[C@@H]21. The zero-order chi connectivity index (χ0) is 15.4. The predicted molar refractivity (Wildman–Crippen MR) is 86.6 cm³/mol. The van der Waals surface area contributed by atoms with Crippen LogP contribution in [0, 0.1) is 11.8 Å². The molecule has 118 valence electrons. The molecule has 1 aromatic rings. The summed E-state index contributed by atoms with van der Waals surface area (Å²) in [6, 6.07) is 9.71. The number of hydrogen-bond donors (Lipinski definition) is 1. The van der Waals surface area contributed by atoms with E-state index in [2.05, 4.69) is 5.32 Å². The lowest BCUT2D eigenvalue weighted by molar-refractivity contribution is -0.122. The van der Waals surface area contributed by atoms with Gasteiger partial charge in [0.15, 0.2) is 5.78 Å². The summed E-state index contributed by atoms with van der Waals surface area (Å²) in [6.45, 7) is 0. The van der Waals surface area contributed by atoms with Crippen molar-refractivity contribution in [2.24, 2.45) is 11.8 Å². The Morgan fingerprint density at radius 1 is 1.00 bits per heavy atom. The van der Waals surface area contributed by atoms with Crippen molar-refractivity contribution in [1.29, 1.82) is 0 Å². The molecule has 22 heavy (non-hydrogen) atoms. The number of hydrogen-bond acceptors (Lipinski definition) is 2. The van der Waals surface area contributed by atoms with Crippen molar-refractivity contribution in [2.75, 3.05) is 0 Å². The molecule has 1 amide bonds. The zero-order valence-corrected chi connectivity index (χ0v) is 13.1. The highest BCUT2D eigenvalue weighted by Crippen LogP contribution is 2.43. The minimum atomic E-state index is 0.124. The number of rotatable bonds is 6. The number of ketones is 1. The molecule has 1 aromatic carbocycles. The second kappa shape index (κ2) is 7.08. The first-order chi connectivity index (χ1) is 10.7. The first kappa shape index (κ1) is 15.3. The summed E-state index contributed by atoms with van der Waals surface area (Å²) >= 11 is 0. The van der Waals surface area contributed by atoms with Crippen molar-refractivity contribution in [3.8, 4) is 0 Å². The first-order valence-corrected chi connectivity index (χ1v) is 8.61. The molecule has 3 rings (SSSR count). The molecule has 0 saturated heterocycles. The molecule has 0 aromatic heterocycles. The molecule has 0 radical (unpaired) electrons. The lowest BCUT2D eigenvalue weighted by Crippen LogP contribution is -2.37. The highest BCUT2D eigenvalue weighted by atomic mass is 16.1. The number of Topliss-reactive ketones (excluding diaryl/α,β-unsaturated/α-hetero) is 1.